The molecule has 7 unspecified atom stereocenters. The summed E-state index contributed by atoms with van der Waals surface area (Å²) in [6.45, 7) is 14.7. The number of aliphatic hydroxyl groups excluding tert-OH is 5. The van der Waals surface area contributed by atoms with Gasteiger partial charge in [-0.1, -0.05) is 43.2 Å². The van der Waals surface area contributed by atoms with E-state index in [1.165, 1.54) is 30.6 Å². The van der Waals surface area contributed by atoms with Crippen molar-refractivity contribution >= 4 is 35.4 Å². The van der Waals surface area contributed by atoms with Crippen LogP contribution < -0.4 is 24.3 Å². The van der Waals surface area contributed by atoms with Gasteiger partial charge >= 0.3 is 5.97 Å². The molecule has 2 aromatic carbocycles. The Bertz CT molecular complexity index is 2860. The van der Waals surface area contributed by atoms with E-state index in [1.54, 1.807) is 17.7 Å². The number of aliphatic imine (C=N–C) groups is 1. The zero-order chi connectivity index (χ0) is 53.2. The Hall–Kier alpha value is -6.06. The number of nitrogens with one attached hydrogen (secondary N) is 1. The van der Waals surface area contributed by atoms with Gasteiger partial charge in [0.05, 0.1) is 47.6 Å². The highest BCUT2D eigenvalue weighted by Gasteiger charge is 2.79. The molecule has 3 aromatic rings. The smallest absolute Gasteiger partial charge is 0.343 e. The van der Waals surface area contributed by atoms with Crippen molar-refractivity contribution in [1.29, 1.82) is 0 Å². The predicted octanol–water partition coefficient (Wildman–Crippen LogP) is 4.57. The van der Waals surface area contributed by atoms with E-state index in [4.69, 9.17) is 28.7 Å². The van der Waals surface area contributed by atoms with Crippen LogP contribution in [0, 0.1) is 23.7 Å². The van der Waals surface area contributed by atoms with E-state index < -0.39 is 95.6 Å². The van der Waals surface area contributed by atoms with Crippen molar-refractivity contribution in [3.05, 3.63) is 93.9 Å². The van der Waals surface area contributed by atoms with E-state index in [2.05, 4.69) is 21.5 Å². The second kappa shape index (κ2) is 20.2. The number of rotatable bonds is 16. The Kier molecular flexibility index (Phi) is 14.4. The highest BCUT2D eigenvalue weighted by Crippen LogP contribution is 2.68. The van der Waals surface area contributed by atoms with Crippen molar-refractivity contribution in [2.75, 3.05) is 19.8 Å². The van der Waals surface area contributed by atoms with Crippen LogP contribution >= 0.6 is 0 Å². The molecule has 3 aliphatic carbocycles. The summed E-state index contributed by atoms with van der Waals surface area (Å²) < 4.78 is 34.5. The van der Waals surface area contributed by atoms with Gasteiger partial charge in [-0.25, -0.2) is 14.5 Å². The van der Waals surface area contributed by atoms with Crippen LogP contribution in [0.2, 0.25) is 0 Å². The molecule has 0 radical (unpaired) electrons. The highest BCUT2D eigenvalue weighted by atomic mass is 16.7. The molecule has 5 heterocycles. The minimum Gasteiger partial charge on any atom is -0.482 e. The Morgan fingerprint density at radius 2 is 1.70 bits per heavy atom. The lowest BCUT2D eigenvalue weighted by molar-refractivity contribution is -0.277. The molecule has 1 amide bonds. The van der Waals surface area contributed by atoms with Crippen molar-refractivity contribution in [3.63, 3.8) is 0 Å². The zero-order valence-corrected chi connectivity index (χ0v) is 42.9. The van der Waals surface area contributed by atoms with E-state index in [0.29, 0.717) is 47.4 Å². The van der Waals surface area contributed by atoms with Crippen molar-refractivity contribution < 1.29 is 68.7 Å². The largest absolute Gasteiger partial charge is 0.482 e. The first kappa shape index (κ1) is 52.8. The number of Topliss-reactive ketones (excluding diaryl/α,β-unsaturated/α-hetero) is 1. The van der Waals surface area contributed by atoms with Gasteiger partial charge in [0.2, 0.25) is 18.1 Å². The average molecular weight is 1020 g/mol. The normalized spacial score (nSPS) is 31.2. The van der Waals surface area contributed by atoms with Crippen LogP contribution in [0.1, 0.15) is 114 Å². The molecule has 4 fully saturated rings. The molecule has 10 rings (SSSR count). The summed E-state index contributed by atoms with van der Waals surface area (Å²) in [7, 11) is 0. The van der Waals surface area contributed by atoms with Gasteiger partial charge < -0.3 is 59.6 Å². The summed E-state index contributed by atoms with van der Waals surface area (Å²) in [6.07, 6.45) is 4.91. The molecular weight excluding hydrogens is 955 g/mol. The number of hydrogen-bond acceptors (Lipinski definition) is 17. The summed E-state index contributed by atoms with van der Waals surface area (Å²) in [5.41, 5.74) is -0.725. The number of carbonyl (C=O) groups is 3. The fraction of sp³-hybridized carbons (Fsp3) is 0.527. The van der Waals surface area contributed by atoms with E-state index in [9.17, 15) is 40.2 Å². The lowest BCUT2D eigenvalue weighted by atomic mass is 9.43. The van der Waals surface area contributed by atoms with Gasteiger partial charge in [-0.2, -0.15) is 10.1 Å². The fourth-order valence-electron chi connectivity index (χ4n) is 11.7. The van der Waals surface area contributed by atoms with Gasteiger partial charge in [-0.05, 0) is 110 Å². The van der Waals surface area contributed by atoms with E-state index in [0.717, 1.165) is 11.1 Å². The second-order valence-corrected chi connectivity index (χ2v) is 21.4. The van der Waals surface area contributed by atoms with E-state index in [1.807, 2.05) is 66.7 Å². The Balaban J connectivity index is 1.24. The van der Waals surface area contributed by atoms with Gasteiger partial charge in [0.15, 0.2) is 22.7 Å². The number of fused-ring (bicyclic) bond motifs is 6. The molecule has 1 saturated heterocycles. The molecule has 74 heavy (non-hydrogen) atoms. The zero-order valence-electron chi connectivity index (χ0n) is 42.9. The van der Waals surface area contributed by atoms with Gasteiger partial charge in [-0.3, -0.25) is 9.59 Å². The lowest BCUT2D eigenvalue weighted by Gasteiger charge is -2.67. The quantitative estimate of drug-likeness (QED) is 0.0448. The summed E-state index contributed by atoms with van der Waals surface area (Å²) >= 11 is 0. The minimum atomic E-state index is -2.25. The number of allylic oxidation sites excluding steroid dienone is 4. The first-order chi connectivity index (χ1) is 35.2. The highest BCUT2D eigenvalue weighted by molar-refractivity contribution is 6.14. The monoisotopic (exact) mass is 1020 g/mol. The Morgan fingerprint density at radius 1 is 0.973 bits per heavy atom. The molecule has 7 N–H and O–H groups in total. The topological polar surface area (TPSA) is 274 Å². The van der Waals surface area contributed by atoms with Crippen LogP contribution in [0.3, 0.4) is 0 Å². The standard InChI is InChI=1S/C55H67N5O14/c1-27(2)10-9-19-53(8)20-18-34-45(73-53)33(16-11-28(3)4)47-38(46(34)72-50(68)31-12-14-32(15-13-31)70-51-44(65)43(64)42(63)37(25-62)71-51)40-39-41(60-52(59-40)57-26-58-60)35-24-36(29(5)6)55(39,74-47)54(69,48(35)66)21-17-30(7)49(67)56-22-23-61/h10-15,17-18,20,26,29,35-37,39,41-44,51,61-65,69H,9,16,19,21-25H2,1-8H3,(H,56,67)/t35?,36?,37-,39?,41?,42-,43+,44-,51-,53?,54?,55?/m1/s1. The van der Waals surface area contributed by atoms with Crippen molar-refractivity contribution in [3.8, 4) is 23.0 Å². The number of aromatic nitrogens is 3. The number of hydrogen-bond donors (Lipinski definition) is 7. The van der Waals surface area contributed by atoms with Gasteiger partial charge in [0.1, 0.15) is 53.6 Å². The number of carbonyl (C=O) groups excluding carboxylic acids is 3. The SMILES string of the molecule is CC(C)=CCCC1(C)C=Cc2c(c(CC=C(C)C)c3c(c2OC(=O)c2ccc(O[C@@H]4O[C@H](CO)[C@@H](O)[C@H](O)[C@H]4O)cc2)C2=Nc4ncnn4C4C5CC(C(C)C)C(O3)(C24)C(O)(CC=C(C)C(=O)NCCO)C5=O)O1. The molecule has 4 aliphatic heterocycles. The van der Waals surface area contributed by atoms with Crippen molar-refractivity contribution in [2.24, 2.45) is 28.7 Å². The van der Waals surface area contributed by atoms with Crippen LogP contribution in [0.5, 0.6) is 23.0 Å². The van der Waals surface area contributed by atoms with Gasteiger partial charge in [0, 0.05) is 35.9 Å². The predicted molar refractivity (Wildman–Crippen MR) is 269 cm³/mol. The van der Waals surface area contributed by atoms with Gasteiger partial charge in [-0.15, -0.1) is 0 Å². The maximum Gasteiger partial charge on any atom is 0.343 e. The summed E-state index contributed by atoms with van der Waals surface area (Å²) in [6, 6.07) is 5.03. The molecule has 7 aliphatic rings. The molecule has 2 bridgehead atoms. The van der Waals surface area contributed by atoms with E-state index >= 15 is 4.79 Å². The molecule has 3 saturated carbocycles. The van der Waals surface area contributed by atoms with Crippen LogP contribution in [0.4, 0.5) is 5.95 Å². The number of esters is 1. The van der Waals surface area contributed by atoms with Crippen LogP contribution in [0.15, 0.2) is 76.6 Å². The van der Waals surface area contributed by atoms with Gasteiger partial charge in [0.25, 0.3) is 0 Å². The number of aliphatic hydroxyl groups is 6. The third-order valence-corrected chi connectivity index (χ3v) is 15.5. The number of amides is 1. The first-order valence-electron chi connectivity index (χ1n) is 25.4. The molecule has 19 nitrogen and oxygen atoms in total. The lowest BCUT2D eigenvalue weighted by Crippen LogP contribution is -2.82. The first-order valence-corrected chi connectivity index (χ1v) is 25.4. The second-order valence-electron chi connectivity index (χ2n) is 21.4. The van der Waals surface area contributed by atoms with Crippen molar-refractivity contribution in [2.45, 2.75) is 141 Å². The van der Waals surface area contributed by atoms with Crippen LogP contribution in [0.25, 0.3) is 6.08 Å². The maximum absolute atomic E-state index is 15.4. The fourth-order valence-corrected chi connectivity index (χ4v) is 11.7. The summed E-state index contributed by atoms with van der Waals surface area (Å²) in [4.78, 5) is 53.2. The molecule has 1 aromatic heterocycles. The minimum absolute atomic E-state index is 0.0145. The number of ketones is 1. The van der Waals surface area contributed by atoms with Crippen LogP contribution in [-0.4, -0.2) is 136 Å². The summed E-state index contributed by atoms with van der Waals surface area (Å²) in [5.74, 6) is -3.12. The molecule has 1 spiro atoms. The molecule has 396 valence electrons. The molecular formula is C55H67N5O14. The Morgan fingerprint density at radius 3 is 2.38 bits per heavy atom. The third kappa shape index (κ3) is 8.88. The Labute approximate surface area is 429 Å². The molecule has 12 atom stereocenters. The number of ether oxygens (including phenoxy) is 5. The third-order valence-electron chi connectivity index (χ3n) is 15.5. The summed E-state index contributed by atoms with van der Waals surface area (Å²) in [5, 5.41) is 71.3. The van der Waals surface area contributed by atoms with Crippen LogP contribution in [-0.2, 0) is 20.7 Å². The number of benzene rings is 2. The number of nitrogens with zero attached hydrogens (tertiary/aromatic N) is 4. The maximum atomic E-state index is 15.4. The van der Waals surface area contributed by atoms with E-state index in [-0.39, 0.29) is 66.2 Å². The average Bonchev–Trinajstić information content (AvgIpc) is 3.88. The molecule has 19 heteroatoms. The van der Waals surface area contributed by atoms with Crippen molar-refractivity contribution in [1.82, 2.24) is 20.1 Å².